The lowest BCUT2D eigenvalue weighted by atomic mass is 9.18. The first-order chi connectivity index (χ1) is 19.2. The van der Waals surface area contributed by atoms with Crippen molar-refractivity contribution in [2.24, 2.45) is 49.7 Å². The van der Waals surface area contributed by atoms with Crippen molar-refractivity contribution >= 4 is 23.9 Å². The van der Waals surface area contributed by atoms with Crippen LogP contribution >= 0.6 is 0 Å². The molecule has 4 fully saturated rings. The second-order valence-corrected chi connectivity index (χ2v) is 15.7. The summed E-state index contributed by atoms with van der Waals surface area (Å²) in [6, 6.07) is 0. The molecule has 0 heterocycles. The van der Waals surface area contributed by atoms with Gasteiger partial charge in [-0.3, -0.25) is 19.2 Å². The van der Waals surface area contributed by atoms with Gasteiger partial charge >= 0.3 is 23.9 Å². The number of esters is 4. The molecule has 0 amide bonds. The fourth-order valence-corrected chi connectivity index (χ4v) is 10.0. The molecule has 0 radical (unpaired) electrons. The zero-order valence-electron chi connectivity index (χ0n) is 27.6. The summed E-state index contributed by atoms with van der Waals surface area (Å²) >= 11 is 0. The van der Waals surface area contributed by atoms with E-state index in [1.54, 1.807) is 0 Å². The lowest BCUT2D eigenvalue weighted by molar-refractivity contribution is -0.300. The topological polar surface area (TPSA) is 105 Å². The van der Waals surface area contributed by atoms with Crippen molar-refractivity contribution in [2.45, 2.75) is 87.5 Å². The summed E-state index contributed by atoms with van der Waals surface area (Å²) in [4.78, 5) is 54.2. The summed E-state index contributed by atoms with van der Waals surface area (Å²) in [7, 11) is 5.21. The Kier molecular flexibility index (Phi) is 7.44. The molecular formula is C34H50O8. The molecule has 0 N–H and O–H groups in total. The largest absolute Gasteiger partial charge is 0.468 e. The summed E-state index contributed by atoms with van der Waals surface area (Å²) in [6.45, 7) is 17.4. The van der Waals surface area contributed by atoms with Gasteiger partial charge in [0.1, 0.15) is 0 Å². The smallest absolute Gasteiger partial charge is 0.323 e. The minimum Gasteiger partial charge on any atom is -0.468 e. The third-order valence-corrected chi connectivity index (χ3v) is 11.6. The number of carbonyl (C=O) groups excluding carboxylic acids is 4. The minimum atomic E-state index is -1.51. The molecule has 4 saturated carbocycles. The molecule has 0 aromatic carbocycles. The van der Waals surface area contributed by atoms with E-state index in [1.165, 1.54) is 39.6 Å². The first-order valence-electron chi connectivity index (χ1n) is 15.0. The number of hydrogen-bond acceptors (Lipinski definition) is 8. The monoisotopic (exact) mass is 586 g/mol. The number of rotatable bonds is 4. The lowest BCUT2D eigenvalue weighted by Gasteiger charge is -2.85. The Morgan fingerprint density at radius 2 is 1.17 bits per heavy atom. The van der Waals surface area contributed by atoms with Gasteiger partial charge in [-0.15, -0.1) is 0 Å². The third kappa shape index (κ3) is 3.84. The molecule has 1 spiro atoms. The fraction of sp³-hybridized carbons (Fsp3) is 0.765. The van der Waals surface area contributed by atoms with E-state index in [2.05, 4.69) is 67.5 Å². The highest BCUT2D eigenvalue weighted by Gasteiger charge is 2.91. The van der Waals surface area contributed by atoms with Crippen LogP contribution < -0.4 is 0 Å². The van der Waals surface area contributed by atoms with Crippen molar-refractivity contribution in [3.05, 3.63) is 23.3 Å². The molecule has 42 heavy (non-hydrogen) atoms. The van der Waals surface area contributed by atoms with Crippen molar-refractivity contribution in [3.8, 4) is 0 Å². The second-order valence-electron chi connectivity index (χ2n) is 15.7. The first-order valence-corrected chi connectivity index (χ1v) is 15.0. The average molecular weight is 587 g/mol. The van der Waals surface area contributed by atoms with Gasteiger partial charge < -0.3 is 18.9 Å². The molecule has 5 atom stereocenters. The molecule has 0 aromatic rings. The zero-order chi connectivity index (χ0) is 31.9. The Morgan fingerprint density at radius 3 is 1.60 bits per heavy atom. The van der Waals surface area contributed by atoms with Gasteiger partial charge in [0.15, 0.2) is 10.8 Å². The quantitative estimate of drug-likeness (QED) is 0.175. The molecule has 0 saturated heterocycles. The van der Waals surface area contributed by atoms with Crippen molar-refractivity contribution in [3.63, 3.8) is 0 Å². The summed E-state index contributed by atoms with van der Waals surface area (Å²) in [5.41, 5.74) is -2.35. The van der Waals surface area contributed by atoms with Crippen LogP contribution in [0.3, 0.4) is 0 Å². The van der Waals surface area contributed by atoms with Gasteiger partial charge in [0, 0.05) is 10.8 Å². The number of methoxy groups -OCH3 is 4. The number of allylic oxidation sites excluding steroid dienone is 4. The summed E-state index contributed by atoms with van der Waals surface area (Å²) in [6.07, 6.45) is 6.09. The van der Waals surface area contributed by atoms with E-state index in [9.17, 15) is 19.2 Å². The highest BCUT2D eigenvalue weighted by molar-refractivity contribution is 6.02. The van der Waals surface area contributed by atoms with Gasteiger partial charge in [0.05, 0.1) is 28.4 Å². The predicted molar refractivity (Wildman–Crippen MR) is 157 cm³/mol. The highest BCUT2D eigenvalue weighted by atomic mass is 16.6. The Bertz CT molecular complexity index is 1200. The van der Waals surface area contributed by atoms with Crippen LogP contribution in [0.2, 0.25) is 0 Å². The average Bonchev–Trinajstić information content (AvgIpc) is 3.22. The maximum Gasteiger partial charge on any atom is 0.323 e. The van der Waals surface area contributed by atoms with Crippen LogP contribution in [0.4, 0.5) is 0 Å². The van der Waals surface area contributed by atoms with Gasteiger partial charge in [0.2, 0.25) is 0 Å². The van der Waals surface area contributed by atoms with Gasteiger partial charge in [-0.2, -0.15) is 0 Å². The van der Waals surface area contributed by atoms with Gasteiger partial charge in [-0.05, 0) is 60.2 Å². The van der Waals surface area contributed by atoms with Crippen LogP contribution in [0, 0.1) is 49.7 Å². The molecule has 8 heteroatoms. The van der Waals surface area contributed by atoms with Crippen molar-refractivity contribution < 1.29 is 38.1 Å². The van der Waals surface area contributed by atoms with E-state index in [0.29, 0.717) is 6.42 Å². The summed E-state index contributed by atoms with van der Waals surface area (Å²) < 4.78 is 21.1. The number of ether oxygens (including phenoxy) is 4. The Hall–Kier alpha value is -2.64. The van der Waals surface area contributed by atoms with E-state index in [0.717, 1.165) is 0 Å². The van der Waals surface area contributed by atoms with Gasteiger partial charge in [-0.1, -0.05) is 78.7 Å². The molecule has 4 aliphatic rings. The molecule has 0 aliphatic heterocycles. The Labute approximate surface area is 250 Å². The normalized spacial score (nSPS) is 36.3. The molecule has 0 bridgehead atoms. The minimum absolute atomic E-state index is 0.125. The van der Waals surface area contributed by atoms with Crippen LogP contribution in [0.5, 0.6) is 0 Å². The SMILES string of the molecule is COC(=O)C1(C(=O)OC)CC/C(=C\C(C)(C)C)C2(C)C(C1)C13CC(C(=O)OC)(C(=O)OC)CC1/C(=C\C(C)(C)C)C23C. The van der Waals surface area contributed by atoms with E-state index < -0.39 is 51.0 Å². The van der Waals surface area contributed by atoms with E-state index in [4.69, 9.17) is 18.9 Å². The van der Waals surface area contributed by atoms with Crippen molar-refractivity contribution in [1.82, 2.24) is 0 Å². The molecule has 4 aliphatic carbocycles. The number of hydrogen-bond donors (Lipinski definition) is 0. The Morgan fingerprint density at radius 1 is 0.714 bits per heavy atom. The number of carbonyl (C=O) groups is 4. The van der Waals surface area contributed by atoms with Gasteiger partial charge in [0.25, 0.3) is 0 Å². The van der Waals surface area contributed by atoms with Crippen LogP contribution in [-0.4, -0.2) is 52.3 Å². The zero-order valence-corrected chi connectivity index (χ0v) is 27.6. The number of fused-ring (bicyclic) bond motifs is 2. The van der Waals surface area contributed by atoms with Crippen LogP contribution in [0.15, 0.2) is 23.3 Å². The molecule has 234 valence electrons. The molecule has 8 nitrogen and oxygen atoms in total. The fourth-order valence-electron chi connectivity index (χ4n) is 10.0. The second kappa shape index (κ2) is 9.68. The van der Waals surface area contributed by atoms with Crippen molar-refractivity contribution in [1.29, 1.82) is 0 Å². The van der Waals surface area contributed by atoms with Crippen LogP contribution in [-0.2, 0) is 38.1 Å². The van der Waals surface area contributed by atoms with Crippen LogP contribution in [0.25, 0.3) is 0 Å². The molecule has 4 rings (SSSR count). The molecular weight excluding hydrogens is 536 g/mol. The summed E-state index contributed by atoms with van der Waals surface area (Å²) in [5, 5.41) is 0. The van der Waals surface area contributed by atoms with E-state index in [-0.39, 0.29) is 48.3 Å². The van der Waals surface area contributed by atoms with Gasteiger partial charge in [-0.25, -0.2) is 0 Å². The lowest BCUT2D eigenvalue weighted by Crippen LogP contribution is -2.80. The first kappa shape index (κ1) is 32.3. The van der Waals surface area contributed by atoms with E-state index in [1.807, 2.05) is 0 Å². The maximum absolute atomic E-state index is 13.6. The standard InChI is InChI=1S/C34H50O8/c1-28(2,3)15-20-13-14-32(24(35)39-9,25(36)40-10)18-23-30(20,7)31(8)21(16-29(4,5)6)22-17-33(26(37)41-11,27(38)42-12)19-34(22,23)31/h15-16,22-23H,13-14,17-19H2,1-12H3/b20-15+,21-16+. The molecule has 5 unspecified atom stereocenters. The highest BCUT2D eigenvalue weighted by Crippen LogP contribution is 2.94. The summed E-state index contributed by atoms with van der Waals surface area (Å²) in [5.74, 6) is -2.76. The predicted octanol–water partition coefficient (Wildman–Crippen LogP) is 5.83. The maximum atomic E-state index is 13.6. The van der Waals surface area contributed by atoms with Crippen LogP contribution in [0.1, 0.15) is 87.5 Å². The third-order valence-electron chi connectivity index (χ3n) is 11.6. The van der Waals surface area contributed by atoms with Crippen molar-refractivity contribution in [2.75, 3.05) is 28.4 Å². The molecule has 0 aromatic heterocycles. The van der Waals surface area contributed by atoms with E-state index >= 15 is 0 Å². The Balaban J connectivity index is 2.07.